The van der Waals surface area contributed by atoms with Gasteiger partial charge in [-0.15, -0.1) is 0 Å². The number of likely N-dealkylation sites (tertiary alicyclic amines) is 1. The van der Waals surface area contributed by atoms with Gasteiger partial charge in [-0.3, -0.25) is 9.69 Å². The van der Waals surface area contributed by atoms with Gasteiger partial charge >= 0.3 is 0 Å². The van der Waals surface area contributed by atoms with Gasteiger partial charge in [-0.1, -0.05) is 24.3 Å². The number of rotatable bonds is 5. The highest BCUT2D eigenvalue weighted by Gasteiger charge is 2.14. The molecular formula is C18H24N3O+. The van der Waals surface area contributed by atoms with Crippen molar-refractivity contribution in [2.45, 2.75) is 25.9 Å². The Bertz CT molecular complexity index is 662. The van der Waals surface area contributed by atoms with Crippen LogP contribution in [0.5, 0.6) is 0 Å². The third-order valence-corrected chi connectivity index (χ3v) is 4.31. The van der Waals surface area contributed by atoms with Crippen LogP contribution in [-0.4, -0.2) is 30.4 Å². The molecule has 1 heterocycles. The molecule has 1 amide bonds. The van der Waals surface area contributed by atoms with E-state index in [4.69, 9.17) is 0 Å². The van der Waals surface area contributed by atoms with Crippen molar-refractivity contribution in [3.8, 4) is 0 Å². The molecule has 4 N–H and O–H groups in total. The molecular weight excluding hydrogens is 274 g/mol. The van der Waals surface area contributed by atoms with Gasteiger partial charge in [0.15, 0.2) is 0 Å². The van der Waals surface area contributed by atoms with E-state index in [1.165, 1.54) is 29.2 Å². The Kier molecular flexibility index (Phi) is 4.71. The summed E-state index contributed by atoms with van der Waals surface area (Å²) in [7, 11) is 0. The van der Waals surface area contributed by atoms with Crippen molar-refractivity contribution in [3.05, 3.63) is 47.5 Å². The fraction of sp³-hybridized carbons (Fsp3) is 0.389. The fourth-order valence-electron chi connectivity index (χ4n) is 3.01. The molecule has 0 atom stereocenters. The van der Waals surface area contributed by atoms with E-state index < -0.39 is 0 Å². The number of fused-ring (bicyclic) bond motifs is 1. The maximum absolute atomic E-state index is 12.0. The molecule has 0 aromatic heterocycles. The van der Waals surface area contributed by atoms with Gasteiger partial charge in [-0.25, -0.2) is 0 Å². The molecule has 1 aliphatic rings. The second kappa shape index (κ2) is 6.90. The Morgan fingerprint density at radius 3 is 2.36 bits per heavy atom. The first-order chi connectivity index (χ1) is 10.7. The zero-order chi connectivity index (χ0) is 15.4. The van der Waals surface area contributed by atoms with Crippen molar-refractivity contribution in [2.24, 2.45) is 0 Å². The van der Waals surface area contributed by atoms with Gasteiger partial charge in [0.05, 0.1) is 13.1 Å². The van der Waals surface area contributed by atoms with Gasteiger partial charge in [0.25, 0.3) is 0 Å². The van der Waals surface area contributed by atoms with E-state index >= 15 is 0 Å². The Morgan fingerprint density at radius 1 is 1.05 bits per heavy atom. The highest BCUT2D eigenvalue weighted by atomic mass is 16.2. The maximum Gasteiger partial charge on any atom is 0.234 e. The first kappa shape index (κ1) is 15.0. The molecule has 116 valence electrons. The summed E-state index contributed by atoms with van der Waals surface area (Å²) in [4.78, 5) is 14.2. The Labute approximate surface area is 131 Å². The van der Waals surface area contributed by atoms with Crippen molar-refractivity contribution in [1.82, 2.24) is 10.2 Å². The molecule has 0 unspecified atom stereocenters. The zero-order valence-corrected chi connectivity index (χ0v) is 13.0. The number of nitrogens with zero attached hydrogens (tertiary/aromatic N) is 1. The number of hydrogen-bond acceptors (Lipinski definition) is 2. The van der Waals surface area contributed by atoms with Crippen LogP contribution in [0.3, 0.4) is 0 Å². The van der Waals surface area contributed by atoms with Crippen molar-refractivity contribution in [2.75, 3.05) is 19.6 Å². The number of quaternary nitrogens is 1. The van der Waals surface area contributed by atoms with Crippen molar-refractivity contribution in [3.63, 3.8) is 0 Å². The van der Waals surface area contributed by atoms with E-state index in [2.05, 4.69) is 52.3 Å². The lowest BCUT2D eigenvalue weighted by Crippen LogP contribution is -2.47. The highest BCUT2D eigenvalue weighted by Crippen LogP contribution is 2.17. The molecule has 3 rings (SSSR count). The average molecular weight is 298 g/mol. The zero-order valence-electron chi connectivity index (χ0n) is 13.0. The molecule has 1 fully saturated rings. The number of amides is 1. The summed E-state index contributed by atoms with van der Waals surface area (Å²) in [5.74, 6) is 0.120. The summed E-state index contributed by atoms with van der Waals surface area (Å²) in [6.45, 7) is 4.04. The minimum atomic E-state index is 0.120. The van der Waals surface area contributed by atoms with Gasteiger partial charge in [0, 0.05) is 12.1 Å². The standard InChI is InChI=1S/C18H23N3O/c19-11-14-3-5-17-10-15(4-6-16(17)9-14)12-20-18(22)13-21-7-1-2-8-21/h3-6,9-10H,1-2,7-8,11-13,19H2,(H,20,22)/p+1. The molecule has 0 aliphatic carbocycles. The monoisotopic (exact) mass is 298 g/mol. The Morgan fingerprint density at radius 2 is 1.68 bits per heavy atom. The molecule has 0 saturated carbocycles. The minimum Gasteiger partial charge on any atom is -0.354 e. The van der Waals surface area contributed by atoms with Crippen molar-refractivity contribution < 1.29 is 10.5 Å². The third kappa shape index (κ3) is 3.64. The van der Waals surface area contributed by atoms with E-state index in [0.717, 1.165) is 25.2 Å². The van der Waals surface area contributed by atoms with Crippen LogP contribution < -0.4 is 11.1 Å². The molecule has 0 radical (unpaired) electrons. The molecule has 1 saturated heterocycles. The number of benzene rings is 2. The van der Waals surface area contributed by atoms with Crippen LogP contribution in [0.4, 0.5) is 0 Å². The maximum atomic E-state index is 12.0. The first-order valence-electron chi connectivity index (χ1n) is 8.04. The highest BCUT2D eigenvalue weighted by molar-refractivity contribution is 5.84. The smallest absolute Gasteiger partial charge is 0.234 e. The average Bonchev–Trinajstić information content (AvgIpc) is 3.05. The normalized spacial score (nSPS) is 15.3. The molecule has 1 aliphatic heterocycles. The van der Waals surface area contributed by atoms with Crippen LogP contribution >= 0.6 is 0 Å². The molecule has 0 spiro atoms. The van der Waals surface area contributed by atoms with E-state index in [1.54, 1.807) is 0 Å². The fourth-order valence-corrected chi connectivity index (χ4v) is 3.01. The van der Waals surface area contributed by atoms with Gasteiger partial charge in [0.1, 0.15) is 0 Å². The second-order valence-electron chi connectivity index (χ2n) is 6.03. The van der Waals surface area contributed by atoms with Gasteiger partial charge in [0.2, 0.25) is 5.91 Å². The van der Waals surface area contributed by atoms with E-state index in [9.17, 15) is 4.79 Å². The Balaban J connectivity index is 1.60. The summed E-state index contributed by atoms with van der Waals surface area (Å²) >= 11 is 0. The molecule has 2 aromatic carbocycles. The number of carbonyl (C=O) groups excluding carboxylic acids is 1. The second-order valence-corrected chi connectivity index (χ2v) is 6.03. The summed E-state index contributed by atoms with van der Waals surface area (Å²) < 4.78 is 0. The lowest BCUT2D eigenvalue weighted by molar-refractivity contribution is -0.386. The van der Waals surface area contributed by atoms with Gasteiger partial charge < -0.3 is 11.1 Å². The van der Waals surface area contributed by atoms with Crippen molar-refractivity contribution >= 4 is 16.7 Å². The van der Waals surface area contributed by atoms with E-state index in [0.29, 0.717) is 13.1 Å². The molecule has 22 heavy (non-hydrogen) atoms. The largest absolute Gasteiger partial charge is 0.354 e. The van der Waals surface area contributed by atoms with Gasteiger partial charge in [-0.05, 0) is 54.4 Å². The topological polar surface area (TPSA) is 60.0 Å². The predicted octanol–water partition coefficient (Wildman–Crippen LogP) is 1.29. The third-order valence-electron chi connectivity index (χ3n) is 4.31. The lowest BCUT2D eigenvalue weighted by Gasteiger charge is -2.14. The SMILES string of the molecule is [NH3+]Cc1ccc2cc(CNC(=O)CN3CCCC3)ccc2c1. The van der Waals surface area contributed by atoms with Crippen LogP contribution in [0.25, 0.3) is 10.8 Å². The first-order valence-corrected chi connectivity index (χ1v) is 8.04. The molecule has 0 bridgehead atoms. The predicted molar refractivity (Wildman–Crippen MR) is 88.1 cm³/mol. The van der Waals surface area contributed by atoms with Crippen LogP contribution in [0, 0.1) is 0 Å². The van der Waals surface area contributed by atoms with E-state index in [1.807, 2.05) is 0 Å². The number of hydrogen-bond donors (Lipinski definition) is 2. The van der Waals surface area contributed by atoms with Gasteiger partial charge in [-0.2, -0.15) is 0 Å². The minimum absolute atomic E-state index is 0.120. The lowest BCUT2D eigenvalue weighted by atomic mass is 10.0. The molecule has 4 heteroatoms. The Hall–Kier alpha value is -1.91. The molecule has 4 nitrogen and oxygen atoms in total. The van der Waals surface area contributed by atoms with Crippen LogP contribution in [-0.2, 0) is 17.9 Å². The van der Waals surface area contributed by atoms with E-state index in [-0.39, 0.29) is 5.91 Å². The van der Waals surface area contributed by atoms with Crippen LogP contribution in [0.15, 0.2) is 36.4 Å². The summed E-state index contributed by atoms with van der Waals surface area (Å²) in [5, 5.41) is 5.46. The van der Waals surface area contributed by atoms with Crippen molar-refractivity contribution in [1.29, 1.82) is 0 Å². The van der Waals surface area contributed by atoms with Crippen LogP contribution in [0.2, 0.25) is 0 Å². The summed E-state index contributed by atoms with van der Waals surface area (Å²) in [6, 6.07) is 12.8. The number of nitrogens with one attached hydrogen (secondary N) is 1. The molecule has 2 aromatic rings. The summed E-state index contributed by atoms with van der Waals surface area (Å²) in [5.41, 5.74) is 6.31. The quantitative estimate of drug-likeness (QED) is 0.874. The number of carbonyl (C=O) groups is 1. The van der Waals surface area contributed by atoms with Crippen LogP contribution in [0.1, 0.15) is 24.0 Å². The summed E-state index contributed by atoms with van der Waals surface area (Å²) in [6.07, 6.45) is 2.43.